The maximum absolute atomic E-state index is 14.7. The van der Waals surface area contributed by atoms with Crippen LogP contribution in [0.15, 0.2) is 66.2 Å². The van der Waals surface area contributed by atoms with E-state index in [1.165, 1.54) is 6.07 Å². The molecule has 0 bridgehead atoms. The lowest BCUT2D eigenvalue weighted by atomic mass is 9.93. The molecule has 5 heteroatoms. The van der Waals surface area contributed by atoms with E-state index in [0.717, 1.165) is 5.56 Å². The number of carbonyl (C=O) groups excluding carboxylic acids is 1. The second-order valence-electron chi connectivity index (χ2n) is 4.62. The van der Waals surface area contributed by atoms with Gasteiger partial charge in [-0.2, -0.15) is 0 Å². The Morgan fingerprint density at radius 1 is 1.05 bits per heavy atom. The van der Waals surface area contributed by atoms with Crippen LogP contribution in [0, 0.1) is 0 Å². The second-order valence-corrected chi connectivity index (χ2v) is 4.62. The molecule has 0 saturated heterocycles. The molecule has 0 aliphatic carbocycles. The van der Waals surface area contributed by atoms with Crippen molar-refractivity contribution in [3.63, 3.8) is 0 Å². The van der Waals surface area contributed by atoms with Crippen LogP contribution in [0.5, 0.6) is 0 Å². The molecular weight excluding hydrogens is 285 g/mol. The number of carboxylic acids is 1. The van der Waals surface area contributed by atoms with E-state index >= 15 is 0 Å². The quantitative estimate of drug-likeness (QED) is 0.833. The molecule has 0 radical (unpaired) electrons. The Bertz CT molecular complexity index is 726. The van der Waals surface area contributed by atoms with Crippen molar-refractivity contribution in [1.29, 1.82) is 0 Å². The first-order chi connectivity index (χ1) is 10.5. The van der Waals surface area contributed by atoms with Gasteiger partial charge in [0.25, 0.3) is 0 Å². The molecule has 0 saturated carbocycles. The van der Waals surface area contributed by atoms with Crippen molar-refractivity contribution in [3.05, 3.63) is 71.8 Å². The van der Waals surface area contributed by atoms with Gasteiger partial charge in [0.05, 0.1) is 5.57 Å². The second kappa shape index (κ2) is 6.67. The lowest BCUT2D eigenvalue weighted by molar-refractivity contribution is -0.131. The van der Waals surface area contributed by atoms with Crippen molar-refractivity contribution in [2.45, 2.75) is 6.17 Å². The maximum atomic E-state index is 14.7. The fourth-order valence-electron chi connectivity index (χ4n) is 2.17. The molecule has 0 spiro atoms. The Morgan fingerprint density at radius 2 is 1.64 bits per heavy atom. The largest absolute Gasteiger partial charge is 0.478 e. The zero-order valence-electron chi connectivity index (χ0n) is 11.6. The molecule has 4 nitrogen and oxygen atoms in total. The maximum Gasteiger partial charge on any atom is 0.328 e. The standard InChI is InChI=1S/C17H14FNO3/c18-16(14(17(19)22)10-15(20)21)13-9-5-4-8-12(13)11-6-2-1-3-7-11/h1-10,16H,(H2,19,22)(H,20,21)/b14-10-. The van der Waals surface area contributed by atoms with Crippen molar-refractivity contribution in [3.8, 4) is 11.1 Å². The van der Waals surface area contributed by atoms with Gasteiger partial charge in [0.1, 0.15) is 0 Å². The summed E-state index contributed by atoms with van der Waals surface area (Å²) >= 11 is 0. The smallest absolute Gasteiger partial charge is 0.328 e. The Hall–Kier alpha value is -2.95. The van der Waals surface area contributed by atoms with E-state index in [2.05, 4.69) is 0 Å². The van der Waals surface area contributed by atoms with Crippen LogP contribution in [0.4, 0.5) is 4.39 Å². The minimum absolute atomic E-state index is 0.194. The predicted molar refractivity (Wildman–Crippen MR) is 80.6 cm³/mol. The Kier molecular flexibility index (Phi) is 4.68. The van der Waals surface area contributed by atoms with Crippen LogP contribution in [-0.4, -0.2) is 17.0 Å². The monoisotopic (exact) mass is 299 g/mol. The van der Waals surface area contributed by atoms with Crippen LogP contribution >= 0.6 is 0 Å². The van der Waals surface area contributed by atoms with E-state index in [9.17, 15) is 14.0 Å². The molecule has 1 unspecified atom stereocenters. The minimum atomic E-state index is -1.91. The van der Waals surface area contributed by atoms with Crippen LogP contribution in [0.25, 0.3) is 11.1 Å². The van der Waals surface area contributed by atoms with Gasteiger partial charge in [0.2, 0.25) is 5.91 Å². The van der Waals surface area contributed by atoms with Crippen LogP contribution in [0.2, 0.25) is 0 Å². The van der Waals surface area contributed by atoms with E-state index in [0.29, 0.717) is 11.6 Å². The molecule has 22 heavy (non-hydrogen) atoms. The van der Waals surface area contributed by atoms with Crippen LogP contribution in [-0.2, 0) is 9.59 Å². The molecule has 112 valence electrons. The van der Waals surface area contributed by atoms with E-state index in [1.54, 1.807) is 42.5 Å². The Balaban J connectivity index is 2.53. The highest BCUT2D eigenvalue weighted by Gasteiger charge is 2.24. The highest BCUT2D eigenvalue weighted by molar-refractivity contribution is 5.99. The summed E-state index contributed by atoms with van der Waals surface area (Å²) in [5, 5.41) is 8.76. The number of hydrogen-bond donors (Lipinski definition) is 2. The molecule has 0 aliphatic heterocycles. The van der Waals surface area contributed by atoms with Gasteiger partial charge in [-0.15, -0.1) is 0 Å². The predicted octanol–water partition coefficient (Wildman–Crippen LogP) is 2.86. The number of amides is 1. The summed E-state index contributed by atoms with van der Waals surface area (Å²) in [6, 6.07) is 15.6. The number of carbonyl (C=O) groups is 2. The van der Waals surface area contributed by atoms with Crippen LogP contribution in [0.1, 0.15) is 11.7 Å². The van der Waals surface area contributed by atoms with Crippen molar-refractivity contribution < 1.29 is 19.1 Å². The van der Waals surface area contributed by atoms with Gasteiger partial charge in [0, 0.05) is 6.08 Å². The third kappa shape index (κ3) is 3.38. The fourth-order valence-corrected chi connectivity index (χ4v) is 2.17. The summed E-state index contributed by atoms with van der Waals surface area (Å²) in [5.41, 5.74) is 6.05. The summed E-state index contributed by atoms with van der Waals surface area (Å²) in [7, 11) is 0. The van der Waals surface area contributed by atoms with Gasteiger partial charge in [0.15, 0.2) is 6.17 Å². The fraction of sp³-hybridized carbons (Fsp3) is 0.0588. The lowest BCUT2D eigenvalue weighted by Crippen LogP contribution is -2.19. The van der Waals surface area contributed by atoms with Crippen molar-refractivity contribution in [2.75, 3.05) is 0 Å². The Labute approximate surface area is 126 Å². The summed E-state index contributed by atoms with van der Waals surface area (Å²) in [4.78, 5) is 22.1. The summed E-state index contributed by atoms with van der Waals surface area (Å²) in [5.74, 6) is -2.52. The number of rotatable bonds is 5. The van der Waals surface area contributed by atoms with Gasteiger partial charge in [-0.1, -0.05) is 54.6 Å². The van der Waals surface area contributed by atoms with Gasteiger partial charge < -0.3 is 10.8 Å². The first-order valence-electron chi connectivity index (χ1n) is 6.53. The van der Waals surface area contributed by atoms with E-state index in [1.807, 2.05) is 6.07 Å². The number of halogens is 1. The van der Waals surface area contributed by atoms with Gasteiger partial charge in [-0.3, -0.25) is 4.79 Å². The Morgan fingerprint density at radius 3 is 2.23 bits per heavy atom. The SMILES string of the molecule is NC(=O)/C(=C\C(=O)O)C(F)c1ccccc1-c1ccccc1. The number of hydrogen-bond acceptors (Lipinski definition) is 2. The zero-order valence-corrected chi connectivity index (χ0v) is 11.6. The summed E-state index contributed by atoms with van der Waals surface area (Å²) < 4.78 is 14.7. The van der Waals surface area contributed by atoms with E-state index < -0.39 is 23.6 Å². The number of nitrogens with two attached hydrogens (primary N) is 1. The summed E-state index contributed by atoms with van der Waals surface area (Å²) in [6.45, 7) is 0. The topological polar surface area (TPSA) is 80.4 Å². The molecule has 1 amide bonds. The van der Waals surface area contributed by atoms with E-state index in [4.69, 9.17) is 10.8 Å². The normalized spacial score (nSPS) is 12.7. The molecule has 3 N–H and O–H groups in total. The molecule has 2 aromatic rings. The third-order valence-electron chi connectivity index (χ3n) is 3.16. The average molecular weight is 299 g/mol. The highest BCUT2D eigenvalue weighted by Crippen LogP contribution is 2.34. The molecule has 0 heterocycles. The minimum Gasteiger partial charge on any atom is -0.478 e. The summed E-state index contributed by atoms with van der Waals surface area (Å²) in [6.07, 6.45) is -1.40. The van der Waals surface area contributed by atoms with Crippen LogP contribution in [0.3, 0.4) is 0 Å². The molecular formula is C17H14FNO3. The van der Waals surface area contributed by atoms with Gasteiger partial charge in [-0.05, 0) is 16.7 Å². The number of benzene rings is 2. The third-order valence-corrected chi connectivity index (χ3v) is 3.16. The van der Waals surface area contributed by atoms with Crippen LogP contribution < -0.4 is 5.73 Å². The molecule has 0 fully saturated rings. The van der Waals surface area contributed by atoms with Crippen molar-refractivity contribution >= 4 is 11.9 Å². The van der Waals surface area contributed by atoms with Gasteiger partial charge >= 0.3 is 5.97 Å². The first-order valence-corrected chi connectivity index (χ1v) is 6.53. The zero-order chi connectivity index (χ0) is 16.1. The number of alkyl halides is 1. The first kappa shape index (κ1) is 15.4. The average Bonchev–Trinajstić information content (AvgIpc) is 2.52. The van der Waals surface area contributed by atoms with Crippen molar-refractivity contribution in [2.24, 2.45) is 5.73 Å². The highest BCUT2D eigenvalue weighted by atomic mass is 19.1. The van der Waals surface area contributed by atoms with E-state index in [-0.39, 0.29) is 5.56 Å². The molecule has 0 aliphatic rings. The van der Waals surface area contributed by atoms with Gasteiger partial charge in [-0.25, -0.2) is 9.18 Å². The molecule has 1 atom stereocenters. The molecule has 2 aromatic carbocycles. The number of aliphatic carboxylic acids is 1. The number of carboxylic acid groups (broad SMARTS) is 1. The number of primary amides is 1. The van der Waals surface area contributed by atoms with Crippen molar-refractivity contribution in [1.82, 2.24) is 0 Å². The molecule has 0 aromatic heterocycles. The molecule has 2 rings (SSSR count). The lowest BCUT2D eigenvalue weighted by Gasteiger charge is -2.15.